The number of benzene rings is 1. The number of halogens is 3. The number of aromatic nitrogens is 3. The molecule has 0 bridgehead atoms. The van der Waals surface area contributed by atoms with E-state index in [1.54, 1.807) is 6.07 Å². The van der Waals surface area contributed by atoms with Crippen LogP contribution in [-0.4, -0.2) is 26.1 Å². The van der Waals surface area contributed by atoms with Crippen LogP contribution < -0.4 is 0 Å². The van der Waals surface area contributed by atoms with Crippen molar-refractivity contribution < 1.29 is 23.1 Å². The highest BCUT2D eigenvalue weighted by molar-refractivity contribution is 5.86. The molecule has 0 radical (unpaired) electrons. The van der Waals surface area contributed by atoms with Crippen LogP contribution in [0.1, 0.15) is 16.2 Å². The van der Waals surface area contributed by atoms with Crippen molar-refractivity contribution in [1.82, 2.24) is 15.0 Å². The second-order valence-electron chi connectivity index (χ2n) is 3.34. The van der Waals surface area contributed by atoms with Crippen LogP contribution in [0.15, 0.2) is 30.3 Å². The second-order valence-corrected chi connectivity index (χ2v) is 3.34. The molecule has 94 valence electrons. The summed E-state index contributed by atoms with van der Waals surface area (Å²) in [7, 11) is 0. The molecule has 0 fully saturated rings. The SMILES string of the molecule is O=C(O)c1nnn(-c2ccccc2)c1C(F)(F)F. The number of carboxylic acid groups (broad SMARTS) is 1. The fourth-order valence-electron chi connectivity index (χ4n) is 1.43. The van der Waals surface area contributed by atoms with E-state index in [0.717, 1.165) is 0 Å². The third kappa shape index (κ3) is 2.04. The Morgan fingerprint density at radius 1 is 1.22 bits per heavy atom. The van der Waals surface area contributed by atoms with Gasteiger partial charge in [-0.25, -0.2) is 9.48 Å². The highest BCUT2D eigenvalue weighted by atomic mass is 19.4. The predicted octanol–water partition coefficient (Wildman–Crippen LogP) is 1.98. The smallest absolute Gasteiger partial charge is 0.436 e. The number of para-hydroxylation sites is 1. The van der Waals surface area contributed by atoms with E-state index in [-0.39, 0.29) is 5.69 Å². The molecule has 0 spiro atoms. The van der Waals surface area contributed by atoms with Crippen molar-refractivity contribution >= 4 is 5.97 Å². The number of nitrogens with zero attached hydrogens (tertiary/aromatic N) is 3. The second kappa shape index (κ2) is 4.13. The Balaban J connectivity index is 2.67. The molecule has 0 aliphatic rings. The monoisotopic (exact) mass is 257 g/mol. The molecule has 1 aromatic carbocycles. The molecule has 2 rings (SSSR count). The average molecular weight is 257 g/mol. The minimum atomic E-state index is -4.85. The molecular weight excluding hydrogens is 251 g/mol. The molecule has 8 heteroatoms. The summed E-state index contributed by atoms with van der Waals surface area (Å²) in [5.41, 5.74) is -2.43. The average Bonchev–Trinajstić information content (AvgIpc) is 2.74. The molecule has 0 amide bonds. The number of alkyl halides is 3. The van der Waals surface area contributed by atoms with Gasteiger partial charge in [-0.1, -0.05) is 23.4 Å². The fraction of sp³-hybridized carbons (Fsp3) is 0.100. The van der Waals surface area contributed by atoms with Gasteiger partial charge in [0.1, 0.15) is 0 Å². The number of hydrogen-bond acceptors (Lipinski definition) is 3. The Morgan fingerprint density at radius 2 is 1.83 bits per heavy atom. The summed E-state index contributed by atoms with van der Waals surface area (Å²) in [6.07, 6.45) is -4.85. The fourth-order valence-corrected chi connectivity index (χ4v) is 1.43. The van der Waals surface area contributed by atoms with Crippen LogP contribution in [0.5, 0.6) is 0 Å². The van der Waals surface area contributed by atoms with E-state index in [9.17, 15) is 18.0 Å². The maximum absolute atomic E-state index is 12.8. The standard InChI is InChI=1S/C10H6F3N3O2/c11-10(12,13)8-7(9(17)18)14-15-16(8)6-4-2-1-3-5-6/h1-5H,(H,17,18). The molecule has 0 aliphatic heterocycles. The highest BCUT2D eigenvalue weighted by Gasteiger charge is 2.42. The summed E-state index contributed by atoms with van der Waals surface area (Å²) >= 11 is 0. The van der Waals surface area contributed by atoms with Crippen molar-refractivity contribution in [3.05, 3.63) is 41.7 Å². The zero-order chi connectivity index (χ0) is 13.3. The lowest BCUT2D eigenvalue weighted by Crippen LogP contribution is -2.17. The Morgan fingerprint density at radius 3 is 2.33 bits per heavy atom. The zero-order valence-electron chi connectivity index (χ0n) is 8.72. The third-order valence-electron chi connectivity index (χ3n) is 2.14. The van der Waals surface area contributed by atoms with Crippen LogP contribution in [-0.2, 0) is 6.18 Å². The first kappa shape index (κ1) is 12.1. The van der Waals surface area contributed by atoms with E-state index >= 15 is 0 Å². The first-order valence-electron chi connectivity index (χ1n) is 4.73. The topological polar surface area (TPSA) is 68.0 Å². The summed E-state index contributed by atoms with van der Waals surface area (Å²) in [5.74, 6) is -1.77. The number of carboxylic acids is 1. The quantitative estimate of drug-likeness (QED) is 0.893. The number of carbonyl (C=O) groups is 1. The first-order chi connectivity index (χ1) is 8.41. The summed E-state index contributed by atoms with van der Waals surface area (Å²) in [6.45, 7) is 0. The first-order valence-corrected chi connectivity index (χ1v) is 4.73. The van der Waals surface area contributed by atoms with Crippen molar-refractivity contribution in [3.63, 3.8) is 0 Å². The van der Waals surface area contributed by atoms with Crippen molar-refractivity contribution in [2.24, 2.45) is 0 Å². The van der Waals surface area contributed by atoms with Crippen LogP contribution in [0.25, 0.3) is 5.69 Å². The van der Waals surface area contributed by atoms with Crippen LogP contribution in [0.4, 0.5) is 13.2 Å². The molecule has 2 aromatic rings. The molecule has 0 unspecified atom stereocenters. The molecule has 1 aromatic heterocycles. The Bertz CT molecular complexity index is 578. The maximum Gasteiger partial charge on any atom is 0.436 e. The van der Waals surface area contributed by atoms with Gasteiger partial charge in [0.2, 0.25) is 5.69 Å². The van der Waals surface area contributed by atoms with Gasteiger partial charge in [-0.2, -0.15) is 13.2 Å². The van der Waals surface area contributed by atoms with Gasteiger partial charge in [0, 0.05) is 0 Å². The predicted molar refractivity (Wildman–Crippen MR) is 53.3 cm³/mol. The largest absolute Gasteiger partial charge is 0.476 e. The van der Waals surface area contributed by atoms with E-state index < -0.39 is 23.5 Å². The molecule has 18 heavy (non-hydrogen) atoms. The van der Waals surface area contributed by atoms with Crippen molar-refractivity contribution in [1.29, 1.82) is 0 Å². The lowest BCUT2D eigenvalue weighted by molar-refractivity contribution is -0.143. The molecule has 5 nitrogen and oxygen atoms in total. The van der Waals surface area contributed by atoms with Gasteiger partial charge in [-0.3, -0.25) is 0 Å². The van der Waals surface area contributed by atoms with Gasteiger partial charge >= 0.3 is 12.1 Å². The van der Waals surface area contributed by atoms with Crippen molar-refractivity contribution in [2.75, 3.05) is 0 Å². The molecule has 0 atom stereocenters. The number of hydrogen-bond donors (Lipinski definition) is 1. The van der Waals surface area contributed by atoms with Gasteiger partial charge in [-0.15, -0.1) is 5.10 Å². The normalized spacial score (nSPS) is 11.5. The molecule has 0 saturated carbocycles. The van der Waals surface area contributed by atoms with Crippen molar-refractivity contribution in [2.45, 2.75) is 6.18 Å². The Labute approximate surface area is 98.5 Å². The van der Waals surface area contributed by atoms with Crippen molar-refractivity contribution in [3.8, 4) is 5.69 Å². The van der Waals surface area contributed by atoms with Gasteiger partial charge in [0.25, 0.3) is 0 Å². The summed E-state index contributed by atoms with van der Waals surface area (Å²) in [5, 5.41) is 15.0. The van der Waals surface area contributed by atoms with Gasteiger partial charge in [-0.05, 0) is 12.1 Å². The van der Waals surface area contributed by atoms with Gasteiger partial charge in [0.05, 0.1) is 5.69 Å². The lowest BCUT2D eigenvalue weighted by Gasteiger charge is -2.09. The summed E-state index contributed by atoms with van der Waals surface area (Å²) < 4.78 is 38.9. The van der Waals surface area contributed by atoms with Crippen LogP contribution in [0.2, 0.25) is 0 Å². The van der Waals surface area contributed by atoms with E-state index in [1.165, 1.54) is 24.3 Å². The number of rotatable bonds is 2. The van der Waals surface area contributed by atoms with E-state index in [1.807, 2.05) is 0 Å². The van der Waals surface area contributed by atoms with E-state index in [4.69, 9.17) is 5.11 Å². The van der Waals surface area contributed by atoms with Gasteiger partial charge in [0.15, 0.2) is 5.69 Å². The lowest BCUT2D eigenvalue weighted by atomic mass is 10.2. The van der Waals surface area contributed by atoms with Crippen LogP contribution >= 0.6 is 0 Å². The zero-order valence-corrected chi connectivity index (χ0v) is 8.72. The molecule has 1 heterocycles. The van der Waals surface area contributed by atoms with E-state index in [0.29, 0.717) is 4.68 Å². The van der Waals surface area contributed by atoms with E-state index in [2.05, 4.69) is 10.3 Å². The molecular formula is C10H6F3N3O2. The van der Waals surface area contributed by atoms with Crippen LogP contribution in [0, 0.1) is 0 Å². The Hall–Kier alpha value is -2.38. The highest BCUT2D eigenvalue weighted by Crippen LogP contribution is 2.32. The third-order valence-corrected chi connectivity index (χ3v) is 2.14. The van der Waals surface area contributed by atoms with Gasteiger partial charge < -0.3 is 5.11 Å². The molecule has 0 saturated heterocycles. The maximum atomic E-state index is 12.8. The van der Waals surface area contributed by atoms with Crippen LogP contribution in [0.3, 0.4) is 0 Å². The minimum absolute atomic E-state index is 0.0878. The molecule has 0 aliphatic carbocycles. The number of aromatic carboxylic acids is 1. The summed E-state index contributed by atoms with van der Waals surface area (Å²) in [6, 6.07) is 7.38. The Kier molecular flexibility index (Phi) is 2.77. The summed E-state index contributed by atoms with van der Waals surface area (Å²) in [4.78, 5) is 10.7. The molecule has 1 N–H and O–H groups in total. The minimum Gasteiger partial charge on any atom is -0.476 e.